The van der Waals surface area contributed by atoms with Crippen LogP contribution >= 0.6 is 0 Å². The van der Waals surface area contributed by atoms with Crippen molar-refractivity contribution in [2.75, 3.05) is 18.5 Å². The zero-order valence-electron chi connectivity index (χ0n) is 13.3. The second-order valence-corrected chi connectivity index (χ2v) is 6.26. The van der Waals surface area contributed by atoms with Gasteiger partial charge in [0.2, 0.25) is 0 Å². The summed E-state index contributed by atoms with van der Waals surface area (Å²) in [6.45, 7) is 1.16. The number of ether oxygens (including phenoxy) is 1. The lowest BCUT2D eigenvalue weighted by atomic mass is 10.0. The predicted molar refractivity (Wildman–Crippen MR) is 86.8 cm³/mol. The highest BCUT2D eigenvalue weighted by Crippen LogP contribution is 2.42. The fraction of sp³-hybridized carbons (Fsp3) is 0.471. The summed E-state index contributed by atoms with van der Waals surface area (Å²) < 4.78 is 11.1. The van der Waals surface area contributed by atoms with Crippen molar-refractivity contribution in [3.8, 4) is 0 Å². The summed E-state index contributed by atoms with van der Waals surface area (Å²) in [7, 11) is 0. The third-order valence-electron chi connectivity index (χ3n) is 4.48. The van der Waals surface area contributed by atoms with Gasteiger partial charge in [-0.3, -0.25) is 4.79 Å². The number of hydrogen-bond acceptors (Lipinski definition) is 6. The number of amides is 1. The first-order chi connectivity index (χ1) is 11.8. The van der Waals surface area contributed by atoms with Crippen LogP contribution in [0, 0.1) is 0 Å². The van der Waals surface area contributed by atoms with Crippen molar-refractivity contribution < 1.29 is 13.9 Å². The molecule has 2 N–H and O–H groups in total. The largest absolute Gasteiger partial charge is 0.468 e. The number of carbonyl (C=O) groups excluding carboxylic acids is 1. The molecule has 24 heavy (non-hydrogen) atoms. The van der Waals surface area contributed by atoms with Gasteiger partial charge in [0.05, 0.1) is 30.5 Å². The summed E-state index contributed by atoms with van der Waals surface area (Å²) in [6.07, 6.45) is 7.73. The Hall–Kier alpha value is -2.41. The summed E-state index contributed by atoms with van der Waals surface area (Å²) in [4.78, 5) is 20.7. The number of aromatic nitrogens is 2. The van der Waals surface area contributed by atoms with Crippen LogP contribution in [0.25, 0.3) is 0 Å². The quantitative estimate of drug-likeness (QED) is 0.872. The zero-order valence-corrected chi connectivity index (χ0v) is 13.3. The Morgan fingerprint density at radius 2 is 2.12 bits per heavy atom. The van der Waals surface area contributed by atoms with Crippen molar-refractivity contribution in [1.29, 1.82) is 0 Å². The van der Waals surface area contributed by atoms with Crippen LogP contribution in [-0.4, -0.2) is 41.2 Å². The van der Waals surface area contributed by atoms with Gasteiger partial charge in [0.25, 0.3) is 5.91 Å². The average Bonchev–Trinajstić information content (AvgIpc) is 3.34. The van der Waals surface area contributed by atoms with Gasteiger partial charge in [-0.1, -0.05) is 0 Å². The third kappa shape index (κ3) is 3.26. The smallest absolute Gasteiger partial charge is 0.255 e. The Morgan fingerprint density at radius 3 is 2.92 bits per heavy atom. The molecule has 1 amide bonds. The van der Waals surface area contributed by atoms with Crippen LogP contribution in [0.15, 0.2) is 35.3 Å². The molecule has 2 aromatic rings. The van der Waals surface area contributed by atoms with E-state index in [2.05, 4.69) is 20.6 Å². The molecule has 2 fully saturated rings. The van der Waals surface area contributed by atoms with E-state index in [1.54, 1.807) is 24.6 Å². The molecule has 0 aromatic carbocycles. The molecule has 0 spiro atoms. The first kappa shape index (κ1) is 15.1. The molecular formula is C17H20N4O3. The van der Waals surface area contributed by atoms with Crippen LogP contribution in [0.5, 0.6) is 0 Å². The zero-order chi connectivity index (χ0) is 16.4. The summed E-state index contributed by atoms with van der Waals surface area (Å²) in [5.74, 6) is 1.87. The lowest BCUT2D eigenvalue weighted by molar-refractivity contribution is 0.0619. The van der Waals surface area contributed by atoms with Gasteiger partial charge in [-0.05, 0) is 31.4 Å². The van der Waals surface area contributed by atoms with Gasteiger partial charge in [0, 0.05) is 18.7 Å². The van der Waals surface area contributed by atoms with Crippen LogP contribution in [0.1, 0.15) is 41.3 Å². The van der Waals surface area contributed by atoms with Gasteiger partial charge < -0.3 is 19.8 Å². The fourth-order valence-corrected chi connectivity index (χ4v) is 3.04. The maximum atomic E-state index is 12.7. The van der Waals surface area contributed by atoms with Crippen molar-refractivity contribution in [3.63, 3.8) is 0 Å². The molecule has 1 saturated carbocycles. The summed E-state index contributed by atoms with van der Waals surface area (Å²) >= 11 is 0. The Kier molecular flexibility index (Phi) is 4.17. The molecule has 2 aromatic heterocycles. The maximum Gasteiger partial charge on any atom is 0.255 e. The first-order valence-electron chi connectivity index (χ1n) is 8.30. The molecule has 0 bridgehead atoms. The molecule has 4 rings (SSSR count). The Labute approximate surface area is 139 Å². The molecule has 7 nitrogen and oxygen atoms in total. The molecule has 0 radical (unpaired) electrons. The monoisotopic (exact) mass is 328 g/mol. The van der Waals surface area contributed by atoms with E-state index in [0.29, 0.717) is 24.7 Å². The van der Waals surface area contributed by atoms with Gasteiger partial charge in [0.15, 0.2) is 0 Å². The van der Waals surface area contributed by atoms with Gasteiger partial charge in [-0.15, -0.1) is 0 Å². The fourth-order valence-electron chi connectivity index (χ4n) is 3.04. The van der Waals surface area contributed by atoms with Crippen LogP contribution in [0.3, 0.4) is 0 Å². The van der Waals surface area contributed by atoms with Crippen LogP contribution in [-0.2, 0) is 4.74 Å². The van der Waals surface area contributed by atoms with E-state index in [1.807, 2.05) is 0 Å². The molecule has 1 saturated heterocycles. The predicted octanol–water partition coefficient (Wildman–Crippen LogP) is 1.95. The topological polar surface area (TPSA) is 89.3 Å². The number of nitrogens with one attached hydrogen (secondary N) is 2. The van der Waals surface area contributed by atoms with E-state index in [9.17, 15) is 4.79 Å². The number of carbonyl (C=O) groups is 1. The van der Waals surface area contributed by atoms with Crippen molar-refractivity contribution >= 4 is 11.7 Å². The lowest BCUT2D eigenvalue weighted by Gasteiger charge is -2.33. The SMILES string of the molecule is O=C(N[C@H]1CCOC[C@H]1Nc1ccncn1)c1ccoc1C1CC1. The van der Waals surface area contributed by atoms with Crippen molar-refractivity contribution in [3.05, 3.63) is 42.2 Å². The van der Waals surface area contributed by atoms with Gasteiger partial charge >= 0.3 is 0 Å². The lowest BCUT2D eigenvalue weighted by Crippen LogP contribution is -2.52. The molecule has 3 heterocycles. The summed E-state index contributed by atoms with van der Waals surface area (Å²) in [5, 5.41) is 6.45. The molecule has 2 aliphatic rings. The minimum atomic E-state index is -0.0768. The standard InChI is InChI=1S/C17H20N4O3/c22-17(12-4-8-24-16(12)11-1-2-11)21-13-5-7-23-9-14(13)20-15-3-6-18-10-19-15/h3-4,6,8,10-11,13-14H,1-2,5,7,9H2,(H,21,22)(H,18,19,20)/t13-,14+/m0/s1. The number of nitrogens with zero attached hydrogens (tertiary/aromatic N) is 2. The molecular weight excluding hydrogens is 308 g/mol. The Balaban J connectivity index is 1.44. The van der Waals surface area contributed by atoms with Gasteiger partial charge in [0.1, 0.15) is 17.9 Å². The van der Waals surface area contributed by atoms with E-state index in [0.717, 1.165) is 30.8 Å². The van der Waals surface area contributed by atoms with Crippen molar-refractivity contribution in [2.45, 2.75) is 37.3 Å². The normalized spacial score (nSPS) is 23.7. The molecule has 126 valence electrons. The number of furan rings is 1. The van der Waals surface area contributed by atoms with E-state index >= 15 is 0 Å². The Morgan fingerprint density at radius 1 is 1.21 bits per heavy atom. The van der Waals surface area contributed by atoms with Crippen molar-refractivity contribution in [2.24, 2.45) is 0 Å². The molecule has 7 heteroatoms. The van der Waals surface area contributed by atoms with E-state index in [4.69, 9.17) is 9.15 Å². The average molecular weight is 328 g/mol. The summed E-state index contributed by atoms with van der Waals surface area (Å²) in [5.41, 5.74) is 0.657. The minimum absolute atomic E-state index is 0.0248. The third-order valence-corrected chi connectivity index (χ3v) is 4.48. The first-order valence-corrected chi connectivity index (χ1v) is 8.30. The number of rotatable bonds is 5. The second kappa shape index (κ2) is 6.60. The number of anilines is 1. The molecule has 0 unspecified atom stereocenters. The summed E-state index contributed by atoms with van der Waals surface area (Å²) in [6, 6.07) is 3.50. The molecule has 1 aliphatic heterocycles. The molecule has 1 aliphatic carbocycles. The minimum Gasteiger partial charge on any atom is -0.468 e. The highest BCUT2D eigenvalue weighted by molar-refractivity contribution is 5.95. The van der Waals surface area contributed by atoms with Crippen molar-refractivity contribution in [1.82, 2.24) is 15.3 Å². The van der Waals surface area contributed by atoms with Gasteiger partial charge in [-0.25, -0.2) is 9.97 Å². The van der Waals surface area contributed by atoms with Crippen LogP contribution < -0.4 is 10.6 Å². The highest BCUT2D eigenvalue weighted by Gasteiger charge is 2.33. The highest BCUT2D eigenvalue weighted by atomic mass is 16.5. The maximum absolute atomic E-state index is 12.7. The second-order valence-electron chi connectivity index (χ2n) is 6.26. The Bertz CT molecular complexity index is 699. The van der Waals surface area contributed by atoms with E-state index < -0.39 is 0 Å². The van der Waals surface area contributed by atoms with E-state index in [-0.39, 0.29) is 18.0 Å². The van der Waals surface area contributed by atoms with Crippen LogP contribution in [0.2, 0.25) is 0 Å². The van der Waals surface area contributed by atoms with Crippen LogP contribution in [0.4, 0.5) is 5.82 Å². The molecule has 2 atom stereocenters. The van der Waals surface area contributed by atoms with Gasteiger partial charge in [-0.2, -0.15) is 0 Å². The number of hydrogen-bond donors (Lipinski definition) is 2. The van der Waals surface area contributed by atoms with E-state index in [1.165, 1.54) is 6.33 Å².